The van der Waals surface area contributed by atoms with Crippen LogP contribution in [0, 0.1) is 6.92 Å². The van der Waals surface area contributed by atoms with Crippen LogP contribution in [0.1, 0.15) is 5.56 Å². The molecule has 0 bridgehead atoms. The Hall–Kier alpha value is -3.33. The van der Waals surface area contributed by atoms with Crippen LogP contribution in [0.4, 0.5) is 11.4 Å². The topological polar surface area (TPSA) is 98.1 Å². The number of carbonyl (C=O) groups is 2. The minimum absolute atomic E-state index is 0.138. The van der Waals surface area contributed by atoms with Gasteiger partial charge in [0.05, 0.1) is 18.1 Å². The largest absolute Gasteiger partial charge is 0.492 e. The molecule has 30 heavy (non-hydrogen) atoms. The fraction of sp³-hybridized carbons (Fsp3) is 0.238. The molecule has 3 aromatic rings. The van der Waals surface area contributed by atoms with E-state index in [9.17, 15) is 9.59 Å². The van der Waals surface area contributed by atoms with Crippen molar-refractivity contribution >= 4 is 35.0 Å². The van der Waals surface area contributed by atoms with Gasteiger partial charge in [-0.2, -0.15) is 5.10 Å². The lowest BCUT2D eigenvalue weighted by Gasteiger charge is -2.09. The molecule has 2 N–H and O–H groups in total. The fourth-order valence-corrected chi connectivity index (χ4v) is 3.24. The summed E-state index contributed by atoms with van der Waals surface area (Å²) in [5, 5.41) is 9.65. The van der Waals surface area contributed by atoms with Gasteiger partial charge >= 0.3 is 0 Å². The molecule has 0 aliphatic carbocycles. The van der Waals surface area contributed by atoms with Gasteiger partial charge in [-0.1, -0.05) is 18.2 Å². The molecule has 0 spiro atoms. The molecule has 0 atom stereocenters. The first-order valence-electron chi connectivity index (χ1n) is 9.38. The number of ether oxygens (including phenoxy) is 1. The minimum Gasteiger partial charge on any atom is -0.492 e. The number of nitrogens with one attached hydrogen (secondary N) is 2. The third kappa shape index (κ3) is 7.25. The Morgan fingerprint density at radius 1 is 1.03 bits per heavy atom. The van der Waals surface area contributed by atoms with Crippen LogP contribution in [0.2, 0.25) is 0 Å². The van der Waals surface area contributed by atoms with Gasteiger partial charge in [0.2, 0.25) is 11.8 Å². The number of hydrogen-bond acceptors (Lipinski definition) is 6. The molecular weight excluding hydrogens is 402 g/mol. The Kier molecular flexibility index (Phi) is 7.85. The highest BCUT2D eigenvalue weighted by molar-refractivity contribution is 8.00. The van der Waals surface area contributed by atoms with Crippen molar-refractivity contribution in [3.05, 3.63) is 66.7 Å². The van der Waals surface area contributed by atoms with Crippen molar-refractivity contribution in [2.75, 3.05) is 28.7 Å². The molecule has 2 amide bonds. The second-order valence-corrected chi connectivity index (χ2v) is 7.48. The first-order chi connectivity index (χ1) is 14.6. The van der Waals surface area contributed by atoms with E-state index in [-0.39, 0.29) is 23.3 Å². The van der Waals surface area contributed by atoms with Crippen molar-refractivity contribution in [3.8, 4) is 5.75 Å². The summed E-state index contributed by atoms with van der Waals surface area (Å²) in [4.78, 5) is 28.0. The van der Waals surface area contributed by atoms with Crippen molar-refractivity contribution < 1.29 is 14.3 Å². The highest BCUT2D eigenvalue weighted by Gasteiger charge is 2.07. The van der Waals surface area contributed by atoms with E-state index >= 15 is 0 Å². The molecule has 0 saturated carbocycles. The molecule has 0 aliphatic heterocycles. The number of thioether (sulfide) groups is 1. The zero-order valence-electron chi connectivity index (χ0n) is 16.6. The minimum atomic E-state index is -0.178. The average molecular weight is 426 g/mol. The van der Waals surface area contributed by atoms with Gasteiger partial charge in [-0.25, -0.2) is 9.67 Å². The van der Waals surface area contributed by atoms with E-state index < -0.39 is 0 Å². The molecule has 0 fully saturated rings. The molecule has 0 unspecified atom stereocenters. The summed E-state index contributed by atoms with van der Waals surface area (Å²) >= 11 is 1.26. The van der Waals surface area contributed by atoms with Crippen LogP contribution in [0.5, 0.6) is 5.75 Å². The predicted molar refractivity (Wildman–Crippen MR) is 118 cm³/mol. The van der Waals surface area contributed by atoms with E-state index in [0.29, 0.717) is 24.6 Å². The Morgan fingerprint density at radius 2 is 1.73 bits per heavy atom. The van der Waals surface area contributed by atoms with Gasteiger partial charge < -0.3 is 15.4 Å². The van der Waals surface area contributed by atoms with Gasteiger partial charge in [0.1, 0.15) is 25.0 Å². The van der Waals surface area contributed by atoms with Crippen LogP contribution < -0.4 is 15.4 Å². The standard InChI is InChI=1S/C21H23N5O3S/c1-16-4-2-5-17(10-16)24-20(27)12-30-13-21(28)25-18-6-3-7-19(11-18)29-9-8-26-15-22-14-23-26/h2-7,10-11,14-15H,8-9,12-13H2,1H3,(H,24,27)(H,25,28). The zero-order valence-corrected chi connectivity index (χ0v) is 17.4. The third-order valence-electron chi connectivity index (χ3n) is 3.94. The lowest BCUT2D eigenvalue weighted by molar-refractivity contribution is -0.114. The second kappa shape index (κ2) is 11.0. The Bertz CT molecular complexity index is 978. The molecule has 1 heterocycles. The highest BCUT2D eigenvalue weighted by Crippen LogP contribution is 2.18. The molecule has 2 aromatic carbocycles. The number of rotatable bonds is 10. The van der Waals surface area contributed by atoms with Crippen LogP contribution in [0.15, 0.2) is 61.2 Å². The van der Waals surface area contributed by atoms with Crippen LogP contribution >= 0.6 is 11.8 Å². The monoisotopic (exact) mass is 425 g/mol. The van der Waals surface area contributed by atoms with E-state index in [2.05, 4.69) is 20.7 Å². The number of amides is 2. The summed E-state index contributed by atoms with van der Waals surface area (Å²) < 4.78 is 7.36. The highest BCUT2D eigenvalue weighted by atomic mass is 32.2. The predicted octanol–water partition coefficient (Wildman–Crippen LogP) is 2.98. The average Bonchev–Trinajstić information content (AvgIpc) is 3.22. The van der Waals surface area contributed by atoms with Crippen LogP contribution in [-0.2, 0) is 16.1 Å². The van der Waals surface area contributed by atoms with Gasteiger partial charge in [-0.3, -0.25) is 9.59 Å². The Balaban J connectivity index is 1.37. The lowest BCUT2D eigenvalue weighted by atomic mass is 10.2. The summed E-state index contributed by atoms with van der Waals surface area (Å²) in [5.74, 6) is 0.716. The van der Waals surface area contributed by atoms with Crippen LogP contribution in [-0.4, -0.2) is 44.7 Å². The maximum Gasteiger partial charge on any atom is 0.234 e. The molecule has 9 heteroatoms. The van der Waals surface area contributed by atoms with E-state index in [1.807, 2.05) is 43.3 Å². The molecular formula is C21H23N5O3S. The third-order valence-corrected chi connectivity index (χ3v) is 4.87. The Morgan fingerprint density at radius 3 is 2.40 bits per heavy atom. The van der Waals surface area contributed by atoms with E-state index in [0.717, 1.165) is 11.3 Å². The summed E-state index contributed by atoms with van der Waals surface area (Å²) in [6.07, 6.45) is 3.10. The fourth-order valence-electron chi connectivity index (χ4n) is 2.62. The van der Waals surface area contributed by atoms with Gasteiger partial charge in [0.15, 0.2) is 0 Å². The summed E-state index contributed by atoms with van der Waals surface area (Å²) in [6, 6.07) is 14.8. The summed E-state index contributed by atoms with van der Waals surface area (Å²) in [7, 11) is 0. The lowest BCUT2D eigenvalue weighted by Crippen LogP contribution is -2.18. The number of nitrogens with zero attached hydrogens (tertiary/aromatic N) is 3. The maximum atomic E-state index is 12.2. The number of aryl methyl sites for hydroxylation is 1. The maximum absolute atomic E-state index is 12.2. The van der Waals surface area contributed by atoms with Crippen LogP contribution in [0.25, 0.3) is 0 Å². The summed E-state index contributed by atoms with van der Waals surface area (Å²) in [6.45, 7) is 2.98. The van der Waals surface area contributed by atoms with Crippen molar-refractivity contribution in [1.29, 1.82) is 0 Å². The Labute approximate surface area is 179 Å². The van der Waals surface area contributed by atoms with E-state index in [1.54, 1.807) is 23.1 Å². The van der Waals surface area contributed by atoms with Crippen molar-refractivity contribution in [1.82, 2.24) is 14.8 Å². The van der Waals surface area contributed by atoms with Gasteiger partial charge in [0.25, 0.3) is 0 Å². The van der Waals surface area contributed by atoms with E-state index in [4.69, 9.17) is 4.74 Å². The normalized spacial score (nSPS) is 10.4. The molecule has 8 nitrogen and oxygen atoms in total. The number of hydrogen-bond donors (Lipinski definition) is 2. The molecule has 1 aromatic heterocycles. The van der Waals surface area contributed by atoms with Crippen molar-refractivity contribution in [3.63, 3.8) is 0 Å². The van der Waals surface area contributed by atoms with Crippen molar-refractivity contribution in [2.45, 2.75) is 13.5 Å². The number of anilines is 2. The van der Waals surface area contributed by atoms with Gasteiger partial charge in [0, 0.05) is 17.4 Å². The quantitative estimate of drug-likeness (QED) is 0.518. The van der Waals surface area contributed by atoms with Gasteiger partial charge in [-0.15, -0.1) is 11.8 Å². The van der Waals surface area contributed by atoms with E-state index in [1.165, 1.54) is 18.1 Å². The van der Waals surface area contributed by atoms with Crippen LogP contribution in [0.3, 0.4) is 0 Å². The van der Waals surface area contributed by atoms with Crippen molar-refractivity contribution in [2.24, 2.45) is 0 Å². The van der Waals surface area contributed by atoms with Gasteiger partial charge in [-0.05, 0) is 36.8 Å². The molecule has 0 saturated heterocycles. The number of carbonyl (C=O) groups excluding carboxylic acids is 2. The number of aromatic nitrogens is 3. The molecule has 0 radical (unpaired) electrons. The smallest absolute Gasteiger partial charge is 0.234 e. The first-order valence-corrected chi connectivity index (χ1v) is 10.5. The molecule has 3 rings (SSSR count). The zero-order chi connectivity index (χ0) is 21.2. The SMILES string of the molecule is Cc1cccc(NC(=O)CSCC(=O)Nc2cccc(OCCn3cncn3)c2)c1. The molecule has 156 valence electrons. The summed E-state index contributed by atoms with van der Waals surface area (Å²) in [5.41, 5.74) is 2.47. The number of benzene rings is 2. The first kappa shape index (κ1) is 21.4. The second-order valence-electron chi connectivity index (χ2n) is 6.49. The molecule has 0 aliphatic rings.